The third-order valence-electron chi connectivity index (χ3n) is 5.90. The second kappa shape index (κ2) is 7.23. The van der Waals surface area contributed by atoms with Crippen molar-refractivity contribution in [3.05, 3.63) is 60.2 Å². The first kappa shape index (κ1) is 21.1. The van der Waals surface area contributed by atoms with Crippen LogP contribution in [0.2, 0.25) is 0 Å². The van der Waals surface area contributed by atoms with E-state index >= 15 is 0 Å². The molecule has 0 radical (unpaired) electrons. The van der Waals surface area contributed by atoms with Crippen molar-refractivity contribution in [3.63, 3.8) is 0 Å². The van der Waals surface area contributed by atoms with Gasteiger partial charge in [0.15, 0.2) is 5.78 Å². The maximum atomic E-state index is 13.3. The van der Waals surface area contributed by atoms with Gasteiger partial charge in [-0.1, -0.05) is 48.5 Å². The van der Waals surface area contributed by atoms with Crippen molar-refractivity contribution in [2.24, 2.45) is 0 Å². The smallest absolute Gasteiger partial charge is 0.327 e. The van der Waals surface area contributed by atoms with Crippen LogP contribution >= 0.6 is 11.8 Å². The number of nitrogens with one attached hydrogen (secondary N) is 1. The summed E-state index contributed by atoms with van der Waals surface area (Å²) in [4.78, 5) is 52.1. The number of Topliss-reactive ketones (excluding diaryl/α,β-unsaturated/α-hetero) is 1. The summed E-state index contributed by atoms with van der Waals surface area (Å²) in [5, 5.41) is 11.5. The lowest BCUT2D eigenvalue weighted by Gasteiger charge is -2.51. The van der Waals surface area contributed by atoms with Crippen molar-refractivity contribution in [3.8, 4) is 11.1 Å². The Bertz CT molecular complexity index is 1100. The highest BCUT2D eigenvalue weighted by Crippen LogP contribution is 2.55. The van der Waals surface area contributed by atoms with E-state index in [1.54, 1.807) is 32.0 Å². The number of rotatable bonds is 5. The summed E-state index contributed by atoms with van der Waals surface area (Å²) in [6, 6.07) is 15.2. The van der Waals surface area contributed by atoms with Gasteiger partial charge in [0.2, 0.25) is 5.54 Å². The topological polar surface area (TPSA) is 104 Å². The molecule has 2 amide bonds. The van der Waals surface area contributed by atoms with E-state index in [0.717, 1.165) is 5.56 Å². The number of hydrogen-bond donors (Lipinski definition) is 2. The summed E-state index contributed by atoms with van der Waals surface area (Å²) in [5.74, 6) is -2.88. The lowest BCUT2D eigenvalue weighted by atomic mass is 9.81. The van der Waals surface area contributed by atoms with E-state index < -0.39 is 45.3 Å². The number of benzene rings is 2. The monoisotopic (exact) mass is 438 g/mol. The summed E-state index contributed by atoms with van der Waals surface area (Å²) in [5.41, 5.74) is 0.0462. The number of aliphatic carboxylic acids is 1. The van der Waals surface area contributed by atoms with Crippen molar-refractivity contribution < 1.29 is 24.3 Å². The molecule has 0 saturated carbocycles. The van der Waals surface area contributed by atoms with Crippen LogP contribution in [-0.4, -0.2) is 55.3 Å². The van der Waals surface area contributed by atoms with Gasteiger partial charge in [-0.3, -0.25) is 14.4 Å². The zero-order chi connectivity index (χ0) is 22.6. The number of nitrogens with zero attached hydrogens (tertiary/aromatic N) is 1. The number of carboxylic acids is 1. The van der Waals surface area contributed by atoms with Crippen molar-refractivity contribution >= 4 is 35.3 Å². The second-order valence-electron chi connectivity index (χ2n) is 8.26. The fraction of sp³-hybridized carbons (Fsp3) is 0.304. The Hall–Kier alpha value is -3.13. The molecule has 8 heteroatoms. The number of ketones is 1. The number of fused-ring (bicyclic) bond motifs is 1. The Morgan fingerprint density at radius 3 is 2.26 bits per heavy atom. The zero-order valence-electron chi connectivity index (χ0n) is 17.3. The molecule has 3 atom stereocenters. The van der Waals surface area contributed by atoms with Crippen LogP contribution in [0.25, 0.3) is 11.1 Å². The van der Waals surface area contributed by atoms with Gasteiger partial charge < -0.3 is 15.3 Å². The third-order valence-corrected chi connectivity index (χ3v) is 7.54. The number of amides is 2. The van der Waals surface area contributed by atoms with Crippen LogP contribution in [0.5, 0.6) is 0 Å². The van der Waals surface area contributed by atoms with Crippen molar-refractivity contribution in [1.29, 1.82) is 0 Å². The van der Waals surface area contributed by atoms with E-state index in [9.17, 15) is 24.3 Å². The minimum Gasteiger partial charge on any atom is -0.480 e. The molecule has 2 N–H and O–H groups in total. The highest BCUT2D eigenvalue weighted by Gasteiger charge is 2.74. The molecule has 0 spiro atoms. The van der Waals surface area contributed by atoms with Crippen LogP contribution in [0, 0.1) is 0 Å². The van der Waals surface area contributed by atoms with E-state index in [0.29, 0.717) is 11.1 Å². The third kappa shape index (κ3) is 3.05. The first-order valence-corrected chi connectivity index (χ1v) is 10.7. The van der Waals surface area contributed by atoms with Crippen LogP contribution < -0.4 is 5.32 Å². The molecule has 2 fully saturated rings. The molecule has 2 aromatic rings. The van der Waals surface area contributed by atoms with E-state index in [-0.39, 0.29) is 0 Å². The van der Waals surface area contributed by atoms with Gasteiger partial charge in [0, 0.05) is 10.3 Å². The summed E-state index contributed by atoms with van der Waals surface area (Å²) in [6.07, 6.45) is 0. The van der Waals surface area contributed by atoms with Crippen LogP contribution in [0.1, 0.15) is 31.1 Å². The molecule has 31 heavy (non-hydrogen) atoms. The molecule has 0 aromatic heterocycles. The highest BCUT2D eigenvalue weighted by atomic mass is 32.2. The Kier molecular flexibility index (Phi) is 4.93. The largest absolute Gasteiger partial charge is 0.480 e. The van der Waals surface area contributed by atoms with Gasteiger partial charge in [-0.15, -0.1) is 11.8 Å². The normalized spacial score (nSPS) is 26.0. The predicted molar refractivity (Wildman–Crippen MR) is 116 cm³/mol. The predicted octanol–water partition coefficient (Wildman–Crippen LogP) is 2.56. The minimum atomic E-state index is -1.78. The first-order chi connectivity index (χ1) is 14.6. The summed E-state index contributed by atoms with van der Waals surface area (Å²) < 4.78 is -0.809. The van der Waals surface area contributed by atoms with E-state index in [1.807, 2.05) is 36.4 Å². The van der Waals surface area contributed by atoms with Gasteiger partial charge in [0.1, 0.15) is 11.4 Å². The zero-order valence-corrected chi connectivity index (χ0v) is 18.1. The number of carboxylic acid groups (broad SMARTS) is 1. The van der Waals surface area contributed by atoms with Crippen molar-refractivity contribution in [1.82, 2.24) is 10.2 Å². The van der Waals surface area contributed by atoms with Gasteiger partial charge in [-0.2, -0.15) is 0 Å². The fourth-order valence-electron chi connectivity index (χ4n) is 4.38. The van der Waals surface area contributed by atoms with Gasteiger partial charge >= 0.3 is 5.97 Å². The Labute approximate surface area is 183 Å². The Morgan fingerprint density at radius 1 is 1.03 bits per heavy atom. The molecular formula is C23H22N2O5S. The molecule has 2 saturated heterocycles. The summed E-state index contributed by atoms with van der Waals surface area (Å²) in [6.45, 7) is 4.69. The van der Waals surface area contributed by atoms with Gasteiger partial charge in [0.25, 0.3) is 11.8 Å². The molecule has 7 nitrogen and oxygen atoms in total. The van der Waals surface area contributed by atoms with Crippen molar-refractivity contribution in [2.75, 3.05) is 0 Å². The molecule has 2 aromatic carbocycles. The molecule has 0 bridgehead atoms. The summed E-state index contributed by atoms with van der Waals surface area (Å²) in [7, 11) is 0. The molecule has 2 aliphatic rings. The van der Waals surface area contributed by atoms with Gasteiger partial charge in [-0.25, -0.2) is 4.79 Å². The molecule has 160 valence electrons. The molecule has 2 aliphatic heterocycles. The number of β-lactam (4-membered cyclic amide) rings is 1. The minimum absolute atomic E-state index is 0.331. The van der Waals surface area contributed by atoms with Crippen LogP contribution in [0.3, 0.4) is 0 Å². The van der Waals surface area contributed by atoms with Crippen LogP contribution in [0.15, 0.2) is 54.6 Å². The number of carbonyl (C=O) groups excluding carboxylic acids is 3. The standard InChI is InChI=1S/C23H22N2O5S/c1-13(26)23(20(30)25-17(19(28)29)22(2,3)31-21(23)25)24-18(27)16-12-8-7-11-15(16)14-9-5-4-6-10-14/h4-12,17,21H,1-3H3,(H,24,27)(H,28,29)/t17-,21+,23?/m0/s1. The highest BCUT2D eigenvalue weighted by molar-refractivity contribution is 8.01. The molecule has 2 heterocycles. The lowest BCUT2D eigenvalue weighted by molar-refractivity contribution is -0.170. The van der Waals surface area contributed by atoms with Gasteiger partial charge in [0.05, 0.1) is 0 Å². The maximum absolute atomic E-state index is 13.3. The second-order valence-corrected chi connectivity index (χ2v) is 9.99. The Morgan fingerprint density at radius 2 is 1.65 bits per heavy atom. The molecule has 0 aliphatic carbocycles. The Balaban J connectivity index is 1.71. The molecule has 4 rings (SSSR count). The number of hydrogen-bond acceptors (Lipinski definition) is 5. The summed E-state index contributed by atoms with van der Waals surface area (Å²) >= 11 is 1.22. The maximum Gasteiger partial charge on any atom is 0.327 e. The SMILES string of the molecule is CC(=O)C1(NC(=O)c2ccccc2-c2ccccc2)C(=O)N2[C@@H](C(=O)O)C(C)(C)S[C@@H]21. The van der Waals surface area contributed by atoms with Crippen LogP contribution in [0.4, 0.5) is 0 Å². The number of carbonyl (C=O) groups is 4. The average Bonchev–Trinajstić information content (AvgIpc) is 3.00. The van der Waals surface area contributed by atoms with E-state index in [1.165, 1.54) is 23.6 Å². The van der Waals surface area contributed by atoms with Crippen molar-refractivity contribution in [2.45, 2.75) is 42.5 Å². The average molecular weight is 439 g/mol. The lowest BCUT2D eigenvalue weighted by Crippen LogP contribution is -2.82. The molecular weight excluding hydrogens is 416 g/mol. The quantitative estimate of drug-likeness (QED) is 0.549. The first-order valence-electron chi connectivity index (χ1n) is 9.82. The molecule has 1 unspecified atom stereocenters. The van der Waals surface area contributed by atoms with Crippen LogP contribution in [-0.2, 0) is 14.4 Å². The van der Waals surface area contributed by atoms with E-state index in [4.69, 9.17) is 0 Å². The van der Waals surface area contributed by atoms with E-state index in [2.05, 4.69) is 5.32 Å². The van der Waals surface area contributed by atoms with Gasteiger partial charge in [-0.05, 0) is 38.0 Å². The fourth-order valence-corrected chi connectivity index (χ4v) is 6.14. The number of thioether (sulfide) groups is 1.